The van der Waals surface area contributed by atoms with Crippen molar-refractivity contribution in [2.75, 3.05) is 43.6 Å². The summed E-state index contributed by atoms with van der Waals surface area (Å²) in [4.78, 5) is 18.7. The number of pyridine rings is 1. The molecule has 26 heavy (non-hydrogen) atoms. The number of rotatable bonds is 7. The molecule has 2 heterocycles. The molecule has 2 aromatic rings. The van der Waals surface area contributed by atoms with Crippen LogP contribution in [-0.2, 0) is 4.74 Å². The molecule has 1 fully saturated rings. The van der Waals surface area contributed by atoms with E-state index in [1.807, 2.05) is 6.07 Å². The van der Waals surface area contributed by atoms with Crippen LogP contribution >= 0.6 is 0 Å². The van der Waals surface area contributed by atoms with Crippen molar-refractivity contribution in [2.45, 2.75) is 19.3 Å². The normalized spacial score (nSPS) is 14.1. The Morgan fingerprint density at radius 2 is 1.88 bits per heavy atom. The first-order chi connectivity index (χ1) is 12.8. The number of piperidine rings is 1. The summed E-state index contributed by atoms with van der Waals surface area (Å²) >= 11 is 0. The van der Waals surface area contributed by atoms with Crippen molar-refractivity contribution >= 4 is 23.1 Å². The van der Waals surface area contributed by atoms with Crippen LogP contribution in [0.1, 0.15) is 29.6 Å². The summed E-state index contributed by atoms with van der Waals surface area (Å²) in [6.45, 7) is 3.26. The molecule has 1 amide bonds. The van der Waals surface area contributed by atoms with Gasteiger partial charge in [0.1, 0.15) is 5.82 Å². The Morgan fingerprint density at radius 3 is 2.54 bits per heavy atom. The Hall–Kier alpha value is -2.60. The van der Waals surface area contributed by atoms with Crippen molar-refractivity contribution in [1.29, 1.82) is 0 Å². The summed E-state index contributed by atoms with van der Waals surface area (Å²) < 4.78 is 4.92. The van der Waals surface area contributed by atoms with Crippen LogP contribution in [-0.4, -0.2) is 44.2 Å². The summed E-state index contributed by atoms with van der Waals surface area (Å²) in [5.74, 6) is 0.566. The lowest BCUT2D eigenvalue weighted by Gasteiger charge is -2.28. The average Bonchev–Trinajstić information content (AvgIpc) is 2.70. The number of nitrogens with zero attached hydrogens (tertiary/aromatic N) is 2. The van der Waals surface area contributed by atoms with E-state index in [9.17, 15) is 4.79 Å². The molecule has 1 saturated heterocycles. The zero-order valence-corrected chi connectivity index (χ0v) is 15.2. The number of nitrogens with one attached hydrogen (secondary N) is 2. The standard InChI is InChI=1S/C20H26N4O2/c1-26-14-11-21-20(25)16-5-10-19(22-15-16)23-17-6-8-18(9-7-17)24-12-3-2-4-13-24/h5-10,15H,2-4,11-14H2,1H3,(H,21,25)(H,22,23). The van der Waals surface area contributed by atoms with E-state index in [2.05, 4.69) is 44.8 Å². The molecule has 0 aliphatic carbocycles. The van der Waals surface area contributed by atoms with Crippen LogP contribution in [0.3, 0.4) is 0 Å². The zero-order chi connectivity index (χ0) is 18.2. The minimum absolute atomic E-state index is 0.146. The van der Waals surface area contributed by atoms with Gasteiger partial charge >= 0.3 is 0 Å². The van der Waals surface area contributed by atoms with E-state index in [1.165, 1.54) is 24.9 Å². The Morgan fingerprint density at radius 1 is 1.12 bits per heavy atom. The molecular formula is C20H26N4O2. The molecule has 6 nitrogen and oxygen atoms in total. The lowest BCUT2D eigenvalue weighted by atomic mass is 10.1. The second-order valence-corrected chi connectivity index (χ2v) is 6.40. The van der Waals surface area contributed by atoms with Crippen LogP contribution < -0.4 is 15.5 Å². The predicted molar refractivity (Wildman–Crippen MR) is 104 cm³/mol. The number of ether oxygens (including phenoxy) is 1. The van der Waals surface area contributed by atoms with Crippen LogP contribution in [0.15, 0.2) is 42.6 Å². The maximum absolute atomic E-state index is 11.9. The topological polar surface area (TPSA) is 66.5 Å². The molecule has 0 atom stereocenters. The van der Waals surface area contributed by atoms with Gasteiger partial charge in [-0.1, -0.05) is 0 Å². The van der Waals surface area contributed by atoms with Crippen LogP contribution in [0.25, 0.3) is 0 Å². The lowest BCUT2D eigenvalue weighted by Crippen LogP contribution is -2.29. The van der Waals surface area contributed by atoms with Crippen LogP contribution in [0.2, 0.25) is 0 Å². The predicted octanol–water partition coefficient (Wildman–Crippen LogP) is 3.19. The van der Waals surface area contributed by atoms with E-state index in [0.29, 0.717) is 24.5 Å². The lowest BCUT2D eigenvalue weighted by molar-refractivity contribution is 0.0937. The van der Waals surface area contributed by atoms with E-state index in [4.69, 9.17) is 4.74 Å². The van der Waals surface area contributed by atoms with Gasteiger partial charge in [-0.05, 0) is 55.7 Å². The van der Waals surface area contributed by atoms with Gasteiger partial charge in [-0.15, -0.1) is 0 Å². The molecule has 2 N–H and O–H groups in total. The fraction of sp³-hybridized carbons (Fsp3) is 0.400. The van der Waals surface area contributed by atoms with Gasteiger partial charge in [0.15, 0.2) is 0 Å². The van der Waals surface area contributed by atoms with Crippen LogP contribution in [0, 0.1) is 0 Å². The summed E-state index contributed by atoms with van der Waals surface area (Å²) in [5, 5.41) is 6.05. The highest BCUT2D eigenvalue weighted by Gasteiger charge is 2.10. The molecule has 0 spiro atoms. The summed E-state index contributed by atoms with van der Waals surface area (Å²) in [6.07, 6.45) is 5.46. The van der Waals surface area contributed by atoms with E-state index in [0.717, 1.165) is 18.8 Å². The van der Waals surface area contributed by atoms with Gasteiger partial charge in [0.2, 0.25) is 0 Å². The average molecular weight is 354 g/mol. The molecule has 0 unspecified atom stereocenters. The van der Waals surface area contributed by atoms with Crippen LogP contribution in [0.4, 0.5) is 17.2 Å². The van der Waals surface area contributed by atoms with Crippen molar-refractivity contribution in [1.82, 2.24) is 10.3 Å². The van der Waals surface area contributed by atoms with Crippen molar-refractivity contribution in [3.8, 4) is 0 Å². The summed E-state index contributed by atoms with van der Waals surface area (Å²) in [5.41, 5.74) is 2.79. The number of aromatic nitrogens is 1. The molecule has 6 heteroatoms. The van der Waals surface area contributed by atoms with E-state index >= 15 is 0 Å². The molecule has 1 aliphatic rings. The maximum atomic E-state index is 11.9. The van der Waals surface area contributed by atoms with Crippen molar-refractivity contribution in [3.63, 3.8) is 0 Å². The first kappa shape index (κ1) is 18.2. The van der Waals surface area contributed by atoms with Crippen molar-refractivity contribution < 1.29 is 9.53 Å². The third kappa shape index (κ3) is 4.95. The van der Waals surface area contributed by atoms with E-state index in [-0.39, 0.29) is 5.91 Å². The Balaban J connectivity index is 1.56. The van der Waals surface area contributed by atoms with E-state index < -0.39 is 0 Å². The van der Waals surface area contributed by atoms with Gasteiger partial charge in [-0.3, -0.25) is 4.79 Å². The Bertz CT molecular complexity index is 695. The fourth-order valence-electron chi connectivity index (χ4n) is 3.03. The molecular weight excluding hydrogens is 328 g/mol. The highest BCUT2D eigenvalue weighted by atomic mass is 16.5. The van der Waals surface area contributed by atoms with Crippen LogP contribution in [0.5, 0.6) is 0 Å². The molecule has 3 rings (SSSR count). The highest BCUT2D eigenvalue weighted by Crippen LogP contribution is 2.23. The molecule has 0 radical (unpaired) electrons. The fourth-order valence-corrected chi connectivity index (χ4v) is 3.03. The maximum Gasteiger partial charge on any atom is 0.252 e. The van der Waals surface area contributed by atoms with Gasteiger partial charge in [0.05, 0.1) is 12.2 Å². The second-order valence-electron chi connectivity index (χ2n) is 6.40. The number of amides is 1. The molecule has 1 aliphatic heterocycles. The number of hydrogen-bond acceptors (Lipinski definition) is 5. The number of anilines is 3. The van der Waals surface area contributed by atoms with E-state index in [1.54, 1.807) is 19.4 Å². The van der Waals surface area contributed by atoms with Gasteiger partial charge in [-0.2, -0.15) is 0 Å². The number of carbonyl (C=O) groups excluding carboxylic acids is 1. The third-order valence-corrected chi connectivity index (χ3v) is 4.48. The second kappa shape index (κ2) is 9.20. The quantitative estimate of drug-likeness (QED) is 0.748. The molecule has 138 valence electrons. The monoisotopic (exact) mass is 354 g/mol. The SMILES string of the molecule is COCCNC(=O)c1ccc(Nc2ccc(N3CCCCC3)cc2)nc1. The summed E-state index contributed by atoms with van der Waals surface area (Å²) in [6, 6.07) is 12.0. The smallest absolute Gasteiger partial charge is 0.252 e. The Kier molecular flexibility index (Phi) is 6.44. The first-order valence-corrected chi connectivity index (χ1v) is 9.11. The molecule has 0 saturated carbocycles. The third-order valence-electron chi connectivity index (χ3n) is 4.48. The number of carbonyl (C=O) groups is 1. The van der Waals surface area contributed by atoms with Gasteiger partial charge in [0, 0.05) is 44.3 Å². The first-order valence-electron chi connectivity index (χ1n) is 9.11. The molecule has 1 aromatic carbocycles. The van der Waals surface area contributed by atoms with Gasteiger partial charge < -0.3 is 20.3 Å². The van der Waals surface area contributed by atoms with Crippen molar-refractivity contribution in [2.24, 2.45) is 0 Å². The molecule has 1 aromatic heterocycles. The van der Waals surface area contributed by atoms with Crippen molar-refractivity contribution in [3.05, 3.63) is 48.2 Å². The number of methoxy groups -OCH3 is 1. The van der Waals surface area contributed by atoms with Gasteiger partial charge in [0.25, 0.3) is 5.91 Å². The number of benzene rings is 1. The Labute approximate surface area is 154 Å². The largest absolute Gasteiger partial charge is 0.383 e. The highest BCUT2D eigenvalue weighted by molar-refractivity contribution is 5.94. The number of hydrogen-bond donors (Lipinski definition) is 2. The summed E-state index contributed by atoms with van der Waals surface area (Å²) in [7, 11) is 1.60. The molecule has 0 bridgehead atoms. The minimum Gasteiger partial charge on any atom is -0.383 e. The van der Waals surface area contributed by atoms with Gasteiger partial charge in [-0.25, -0.2) is 4.98 Å². The zero-order valence-electron chi connectivity index (χ0n) is 15.2. The minimum atomic E-state index is -0.146.